The maximum absolute atomic E-state index is 13.4. The summed E-state index contributed by atoms with van der Waals surface area (Å²) in [7, 11) is 1.56. The predicted molar refractivity (Wildman–Crippen MR) is 184 cm³/mol. The molecule has 1 aromatic carbocycles. The summed E-state index contributed by atoms with van der Waals surface area (Å²) in [6, 6.07) is 7.90. The van der Waals surface area contributed by atoms with Gasteiger partial charge in [-0.05, 0) is 57.9 Å². The molecule has 0 radical (unpaired) electrons. The lowest BCUT2D eigenvalue weighted by molar-refractivity contribution is -0.111. The third kappa shape index (κ3) is 6.73. The number of carbonyl (C=O) groups is 2. The van der Waals surface area contributed by atoms with E-state index in [9.17, 15) is 12.3 Å². The lowest BCUT2D eigenvalue weighted by atomic mass is 9.91. The van der Waals surface area contributed by atoms with E-state index in [4.69, 9.17) is 19.4 Å². The number of aromatic nitrogens is 3. The summed E-state index contributed by atoms with van der Waals surface area (Å²) in [4.78, 5) is 46.0. The van der Waals surface area contributed by atoms with E-state index in [0.717, 1.165) is 37.6 Å². The van der Waals surface area contributed by atoms with Crippen LogP contribution in [0.4, 0.5) is 34.5 Å². The van der Waals surface area contributed by atoms with E-state index in [0.29, 0.717) is 34.5 Å². The van der Waals surface area contributed by atoms with Crippen molar-refractivity contribution in [2.75, 3.05) is 60.2 Å². The Balaban J connectivity index is 1.42. The molecule has 0 atom stereocenters. The normalized spacial score (nSPS) is 19.0. The highest BCUT2D eigenvalue weighted by Gasteiger charge is 2.40. The highest BCUT2D eigenvalue weighted by Crippen LogP contribution is 2.44. The van der Waals surface area contributed by atoms with Gasteiger partial charge in [0, 0.05) is 62.1 Å². The number of benzene rings is 1. The lowest BCUT2D eigenvalue weighted by Gasteiger charge is -2.37. The summed E-state index contributed by atoms with van der Waals surface area (Å²) in [5.41, 5.74) is 2.54. The largest absolute Gasteiger partial charge is 0.494 e. The van der Waals surface area contributed by atoms with E-state index in [1.165, 1.54) is 30.0 Å². The molecule has 1 saturated carbocycles. The molecule has 248 valence electrons. The minimum Gasteiger partial charge on any atom is -0.494 e. The molecular weight excluding hydrogens is 596 g/mol. The first kappa shape index (κ1) is 29.7. The van der Waals surface area contributed by atoms with Gasteiger partial charge in [0.1, 0.15) is 11.3 Å². The highest BCUT2D eigenvalue weighted by atomic mass is 16.5. The molecule has 6 rings (SSSR count). The second-order valence-electron chi connectivity index (χ2n) is 12.9. The molecule has 3 aliphatic rings. The van der Waals surface area contributed by atoms with E-state index in [-0.39, 0.29) is 23.2 Å². The fourth-order valence-electron chi connectivity index (χ4n) is 6.04. The number of carbonyl (C=O) groups excluding carboxylic acids is 2. The Kier molecular flexibility index (Phi) is 8.10. The van der Waals surface area contributed by atoms with Gasteiger partial charge in [-0.15, -0.1) is 0 Å². The van der Waals surface area contributed by atoms with Gasteiger partial charge in [0.2, 0.25) is 11.9 Å². The van der Waals surface area contributed by atoms with Crippen molar-refractivity contribution in [3.05, 3.63) is 60.1 Å². The SMILES string of the molecule is [2H]C1([2H])N(c2nc(Nc3cc(NC(=O)C=C)c(N4CCN(C5CC5)CC4)cc3OC)ncc2C(=O)OC(C)C)c2ccc(C)nc2C1(C)C. The number of piperazine rings is 1. The standard InChI is InChI=1S/C35H44N8O4/c1-8-30(44)38-25-17-26(29(46-7)18-28(25)42-15-13-41(14-16-42)23-10-11-23)39-34-36-19-24(33(45)47-21(2)3)32(40-34)43-20-35(5,6)31-27(43)12-9-22(4)37-31/h8-9,12,17-19,21,23H,1,10-11,13-16,20H2,2-7H3,(H,38,44)(H,36,39,40)/i20D2. The van der Waals surface area contributed by atoms with E-state index in [1.807, 2.05) is 13.0 Å². The number of esters is 1. The summed E-state index contributed by atoms with van der Waals surface area (Å²) >= 11 is 0. The van der Waals surface area contributed by atoms with Crippen molar-refractivity contribution in [3.8, 4) is 5.75 Å². The van der Waals surface area contributed by atoms with Crippen molar-refractivity contribution in [1.82, 2.24) is 19.9 Å². The molecule has 1 saturated heterocycles. The van der Waals surface area contributed by atoms with E-state index >= 15 is 0 Å². The monoisotopic (exact) mass is 642 g/mol. The third-order valence-electron chi connectivity index (χ3n) is 8.51. The summed E-state index contributed by atoms with van der Waals surface area (Å²) in [6.45, 7) is 13.9. The third-order valence-corrected chi connectivity index (χ3v) is 8.51. The fraction of sp³-hybridized carbons (Fsp3) is 0.457. The zero-order chi connectivity index (χ0) is 35.2. The van der Waals surface area contributed by atoms with Crippen LogP contribution in [-0.2, 0) is 14.9 Å². The Morgan fingerprint density at radius 2 is 1.85 bits per heavy atom. The van der Waals surface area contributed by atoms with Crippen LogP contribution in [0.1, 0.15) is 65.0 Å². The van der Waals surface area contributed by atoms with Crippen molar-refractivity contribution < 1.29 is 21.8 Å². The van der Waals surface area contributed by atoms with Gasteiger partial charge in [-0.1, -0.05) is 20.4 Å². The number of pyridine rings is 1. The number of nitrogens with one attached hydrogen (secondary N) is 2. The molecular formula is C35H44N8O4. The molecule has 3 aromatic rings. The Hall–Kier alpha value is -4.71. The second-order valence-corrected chi connectivity index (χ2v) is 12.9. The summed E-state index contributed by atoms with van der Waals surface area (Å²) in [5, 5.41) is 6.14. The number of ether oxygens (including phenoxy) is 2. The smallest absolute Gasteiger partial charge is 0.343 e. The number of fused-ring (bicyclic) bond motifs is 1. The number of rotatable bonds is 10. The second kappa shape index (κ2) is 12.8. The molecule has 0 bridgehead atoms. The Morgan fingerprint density at radius 1 is 1.11 bits per heavy atom. The van der Waals surface area contributed by atoms with Gasteiger partial charge in [0.25, 0.3) is 0 Å². The molecule has 2 aromatic heterocycles. The number of nitrogens with zero attached hydrogens (tertiary/aromatic N) is 6. The number of aryl methyl sites for hydroxylation is 1. The van der Waals surface area contributed by atoms with Gasteiger partial charge in [-0.2, -0.15) is 4.98 Å². The molecule has 47 heavy (non-hydrogen) atoms. The number of anilines is 6. The molecule has 0 unspecified atom stereocenters. The number of methoxy groups -OCH3 is 1. The predicted octanol–water partition coefficient (Wildman–Crippen LogP) is 5.34. The number of hydrogen-bond acceptors (Lipinski definition) is 11. The van der Waals surface area contributed by atoms with Crippen LogP contribution in [0.2, 0.25) is 0 Å². The topological polar surface area (TPSA) is 125 Å². The minimum absolute atomic E-state index is 0.000983. The van der Waals surface area contributed by atoms with Crippen molar-refractivity contribution in [1.29, 1.82) is 0 Å². The minimum atomic E-state index is -2.04. The molecule has 12 heteroatoms. The van der Waals surface area contributed by atoms with Gasteiger partial charge in [-0.25, -0.2) is 9.78 Å². The van der Waals surface area contributed by atoms with Crippen LogP contribution in [-0.4, -0.2) is 83.7 Å². The van der Waals surface area contributed by atoms with Gasteiger partial charge in [-0.3, -0.25) is 14.7 Å². The first-order valence-corrected chi connectivity index (χ1v) is 16.0. The molecule has 12 nitrogen and oxygen atoms in total. The average Bonchev–Trinajstić information content (AvgIpc) is 3.89. The van der Waals surface area contributed by atoms with E-state index < -0.39 is 24.0 Å². The van der Waals surface area contributed by atoms with Crippen molar-refractivity contribution >= 4 is 46.4 Å². The molecule has 2 N–H and O–H groups in total. The summed E-state index contributed by atoms with van der Waals surface area (Å²) < 4.78 is 29.9. The van der Waals surface area contributed by atoms with Crippen LogP contribution in [0.15, 0.2) is 43.1 Å². The van der Waals surface area contributed by atoms with Crippen molar-refractivity contribution in [2.45, 2.75) is 65.0 Å². The number of hydrogen-bond donors (Lipinski definition) is 2. The Bertz CT molecular complexity index is 1790. The van der Waals surface area contributed by atoms with Crippen LogP contribution in [0.3, 0.4) is 0 Å². The maximum atomic E-state index is 13.4. The van der Waals surface area contributed by atoms with Crippen LogP contribution in [0.25, 0.3) is 0 Å². The molecule has 4 heterocycles. The van der Waals surface area contributed by atoms with Gasteiger partial charge < -0.3 is 29.9 Å². The first-order valence-electron chi connectivity index (χ1n) is 17.0. The van der Waals surface area contributed by atoms with Gasteiger partial charge in [0.15, 0.2) is 5.82 Å². The quantitative estimate of drug-likeness (QED) is 0.220. The molecule has 2 fully saturated rings. The Labute approximate surface area is 279 Å². The lowest BCUT2D eigenvalue weighted by Crippen LogP contribution is -2.47. The van der Waals surface area contributed by atoms with E-state index in [1.54, 1.807) is 53.0 Å². The number of amides is 1. The molecule has 2 aliphatic heterocycles. The molecule has 0 spiro atoms. The van der Waals surface area contributed by atoms with Crippen LogP contribution in [0, 0.1) is 6.92 Å². The first-order chi connectivity index (χ1) is 23.2. The summed E-state index contributed by atoms with van der Waals surface area (Å²) in [6.07, 6.45) is 4.63. The van der Waals surface area contributed by atoms with Crippen LogP contribution < -0.4 is 25.2 Å². The van der Waals surface area contributed by atoms with Gasteiger partial charge >= 0.3 is 5.97 Å². The van der Waals surface area contributed by atoms with Gasteiger partial charge in [0.05, 0.1) is 44.4 Å². The fourth-order valence-corrected chi connectivity index (χ4v) is 6.04. The Morgan fingerprint density at radius 3 is 2.51 bits per heavy atom. The van der Waals surface area contributed by atoms with Crippen molar-refractivity contribution in [2.24, 2.45) is 0 Å². The van der Waals surface area contributed by atoms with Crippen molar-refractivity contribution in [3.63, 3.8) is 0 Å². The molecule has 1 amide bonds. The van der Waals surface area contributed by atoms with E-state index in [2.05, 4.69) is 32.0 Å². The maximum Gasteiger partial charge on any atom is 0.343 e. The van der Waals surface area contributed by atoms with Crippen LogP contribution in [0.5, 0.6) is 5.75 Å². The molecule has 1 aliphatic carbocycles. The average molecular weight is 643 g/mol. The zero-order valence-electron chi connectivity index (χ0n) is 29.9. The highest BCUT2D eigenvalue weighted by molar-refractivity contribution is 6.02. The summed E-state index contributed by atoms with van der Waals surface area (Å²) in [5.74, 6) is -0.468. The van der Waals surface area contributed by atoms with Crippen LogP contribution >= 0.6 is 0 Å². The zero-order valence-corrected chi connectivity index (χ0v) is 27.9.